The minimum absolute atomic E-state index is 0.222. The summed E-state index contributed by atoms with van der Waals surface area (Å²) in [7, 11) is 2.76. The Labute approximate surface area is 165 Å². The standard InChI is InChI=1S/C21H18FNO4S/c1-26-17-8-7-13(11-15(17)21(25)27-2)12-23-20(24)19-10-9-18(28-19)14-5-3-4-6-16(14)22/h3-11H,12H2,1-2H3,(H,23,24). The van der Waals surface area contributed by atoms with Crippen molar-refractivity contribution >= 4 is 23.2 Å². The summed E-state index contributed by atoms with van der Waals surface area (Å²) in [6.07, 6.45) is 0. The van der Waals surface area contributed by atoms with Crippen LogP contribution in [-0.4, -0.2) is 26.1 Å². The highest BCUT2D eigenvalue weighted by atomic mass is 32.1. The molecule has 0 atom stereocenters. The van der Waals surface area contributed by atoms with Gasteiger partial charge in [-0.1, -0.05) is 24.3 Å². The van der Waals surface area contributed by atoms with Gasteiger partial charge in [-0.25, -0.2) is 9.18 Å². The molecule has 0 fully saturated rings. The lowest BCUT2D eigenvalue weighted by atomic mass is 10.1. The number of amides is 1. The minimum atomic E-state index is -0.516. The van der Waals surface area contributed by atoms with Crippen molar-refractivity contribution in [2.24, 2.45) is 0 Å². The largest absolute Gasteiger partial charge is 0.496 e. The fourth-order valence-corrected chi connectivity index (χ4v) is 3.62. The summed E-state index contributed by atoms with van der Waals surface area (Å²) in [5.74, 6) is -0.722. The van der Waals surface area contributed by atoms with Crippen molar-refractivity contribution in [3.05, 3.63) is 76.4 Å². The second-order valence-electron chi connectivity index (χ2n) is 5.85. The van der Waals surface area contributed by atoms with Crippen LogP contribution in [0.5, 0.6) is 5.75 Å². The van der Waals surface area contributed by atoms with Crippen LogP contribution < -0.4 is 10.1 Å². The number of rotatable bonds is 6. The SMILES string of the molecule is COC(=O)c1cc(CNC(=O)c2ccc(-c3ccccc3F)s2)ccc1OC. The third-order valence-corrected chi connectivity index (χ3v) is 5.21. The number of esters is 1. The van der Waals surface area contributed by atoms with Crippen molar-refractivity contribution in [1.29, 1.82) is 0 Å². The average molecular weight is 399 g/mol. The summed E-state index contributed by atoms with van der Waals surface area (Å²) in [5, 5.41) is 2.80. The van der Waals surface area contributed by atoms with Crippen molar-refractivity contribution in [2.45, 2.75) is 6.54 Å². The maximum atomic E-state index is 13.9. The number of benzene rings is 2. The Morgan fingerprint density at radius 3 is 2.57 bits per heavy atom. The van der Waals surface area contributed by atoms with Crippen LogP contribution in [0.3, 0.4) is 0 Å². The Balaban J connectivity index is 1.71. The molecule has 0 saturated carbocycles. The summed E-state index contributed by atoms with van der Waals surface area (Å²) in [4.78, 5) is 25.4. The monoisotopic (exact) mass is 399 g/mol. The third-order valence-electron chi connectivity index (χ3n) is 4.09. The van der Waals surface area contributed by atoms with Crippen LogP contribution in [0.15, 0.2) is 54.6 Å². The number of thiophene rings is 1. The fraction of sp³-hybridized carbons (Fsp3) is 0.143. The Morgan fingerprint density at radius 2 is 1.86 bits per heavy atom. The van der Waals surface area contributed by atoms with E-state index in [4.69, 9.17) is 9.47 Å². The number of methoxy groups -OCH3 is 2. The molecule has 28 heavy (non-hydrogen) atoms. The Kier molecular flexibility index (Phi) is 6.06. The molecular formula is C21H18FNO4S. The first-order chi connectivity index (χ1) is 13.5. The average Bonchev–Trinajstić information content (AvgIpc) is 3.21. The van der Waals surface area contributed by atoms with Crippen LogP contribution in [0.2, 0.25) is 0 Å². The van der Waals surface area contributed by atoms with E-state index in [1.807, 2.05) is 0 Å². The molecule has 3 aromatic rings. The Bertz CT molecular complexity index is 1020. The molecule has 1 amide bonds. The lowest BCUT2D eigenvalue weighted by molar-refractivity contribution is 0.0597. The van der Waals surface area contributed by atoms with Gasteiger partial charge in [0.25, 0.3) is 5.91 Å². The Morgan fingerprint density at radius 1 is 1.07 bits per heavy atom. The maximum Gasteiger partial charge on any atom is 0.341 e. The molecule has 5 nitrogen and oxygen atoms in total. The molecule has 0 aliphatic carbocycles. The highest BCUT2D eigenvalue weighted by molar-refractivity contribution is 7.17. The van der Waals surface area contributed by atoms with Gasteiger partial charge in [-0.3, -0.25) is 4.79 Å². The number of ether oxygens (including phenoxy) is 2. The van der Waals surface area contributed by atoms with Crippen LogP contribution in [-0.2, 0) is 11.3 Å². The first kappa shape index (κ1) is 19.6. The van der Waals surface area contributed by atoms with Crippen molar-refractivity contribution in [3.63, 3.8) is 0 Å². The molecule has 0 bridgehead atoms. The zero-order valence-corrected chi connectivity index (χ0v) is 16.1. The van der Waals surface area contributed by atoms with Crippen molar-refractivity contribution in [1.82, 2.24) is 5.32 Å². The van der Waals surface area contributed by atoms with Crippen LogP contribution in [0.25, 0.3) is 10.4 Å². The molecule has 0 spiro atoms. The molecule has 0 radical (unpaired) electrons. The summed E-state index contributed by atoms with van der Waals surface area (Å²) in [5.41, 5.74) is 1.47. The zero-order valence-electron chi connectivity index (χ0n) is 15.3. The molecule has 1 N–H and O–H groups in total. The van der Waals surface area contributed by atoms with E-state index in [0.717, 1.165) is 5.56 Å². The van der Waals surface area contributed by atoms with E-state index in [-0.39, 0.29) is 23.8 Å². The number of nitrogens with one attached hydrogen (secondary N) is 1. The van der Waals surface area contributed by atoms with E-state index in [1.54, 1.807) is 48.5 Å². The molecule has 1 heterocycles. The molecular weight excluding hydrogens is 381 g/mol. The van der Waals surface area contributed by atoms with Gasteiger partial charge in [-0.05, 0) is 35.9 Å². The summed E-state index contributed by atoms with van der Waals surface area (Å²) >= 11 is 1.21. The normalized spacial score (nSPS) is 10.4. The van der Waals surface area contributed by atoms with Gasteiger partial charge >= 0.3 is 5.97 Å². The Hall–Kier alpha value is -3.19. The number of carbonyl (C=O) groups excluding carboxylic acids is 2. The van der Waals surface area contributed by atoms with Crippen LogP contribution >= 0.6 is 11.3 Å². The second-order valence-corrected chi connectivity index (χ2v) is 6.94. The van der Waals surface area contributed by atoms with Crippen molar-refractivity contribution in [2.75, 3.05) is 14.2 Å². The van der Waals surface area contributed by atoms with Gasteiger partial charge in [0.05, 0.1) is 19.1 Å². The van der Waals surface area contributed by atoms with E-state index < -0.39 is 5.97 Å². The van der Waals surface area contributed by atoms with Crippen LogP contribution in [0, 0.1) is 5.82 Å². The van der Waals surface area contributed by atoms with E-state index >= 15 is 0 Å². The first-order valence-electron chi connectivity index (χ1n) is 8.41. The topological polar surface area (TPSA) is 64.6 Å². The summed E-state index contributed by atoms with van der Waals surface area (Å²) in [6.45, 7) is 0.222. The molecule has 1 aromatic heterocycles. The molecule has 3 rings (SSSR count). The fourth-order valence-electron chi connectivity index (χ4n) is 2.67. The molecule has 7 heteroatoms. The number of halogens is 1. The van der Waals surface area contributed by atoms with E-state index in [0.29, 0.717) is 21.1 Å². The predicted octanol–water partition coefficient (Wildman–Crippen LogP) is 4.28. The maximum absolute atomic E-state index is 13.9. The van der Waals surface area contributed by atoms with Gasteiger partial charge < -0.3 is 14.8 Å². The molecule has 0 unspecified atom stereocenters. The second kappa shape index (κ2) is 8.67. The van der Waals surface area contributed by atoms with E-state index in [1.165, 1.54) is 31.6 Å². The molecule has 2 aromatic carbocycles. The van der Waals surface area contributed by atoms with Crippen LogP contribution in [0.1, 0.15) is 25.6 Å². The van der Waals surface area contributed by atoms with Crippen molar-refractivity contribution in [3.8, 4) is 16.2 Å². The van der Waals surface area contributed by atoms with Gasteiger partial charge in [-0.15, -0.1) is 11.3 Å². The number of hydrogen-bond donors (Lipinski definition) is 1. The third kappa shape index (κ3) is 4.20. The molecule has 0 aliphatic rings. The zero-order chi connectivity index (χ0) is 20.1. The molecule has 144 valence electrons. The van der Waals surface area contributed by atoms with Gasteiger partial charge in [0.1, 0.15) is 17.1 Å². The lowest BCUT2D eigenvalue weighted by Gasteiger charge is -2.10. The van der Waals surface area contributed by atoms with Crippen molar-refractivity contribution < 1.29 is 23.5 Å². The highest BCUT2D eigenvalue weighted by Crippen LogP contribution is 2.30. The van der Waals surface area contributed by atoms with Gasteiger partial charge in [-0.2, -0.15) is 0 Å². The van der Waals surface area contributed by atoms with E-state index in [2.05, 4.69) is 5.32 Å². The quantitative estimate of drug-likeness (QED) is 0.629. The highest BCUT2D eigenvalue weighted by Gasteiger charge is 2.15. The number of carbonyl (C=O) groups is 2. The number of hydrogen-bond acceptors (Lipinski definition) is 5. The van der Waals surface area contributed by atoms with Gasteiger partial charge in [0.2, 0.25) is 0 Å². The van der Waals surface area contributed by atoms with Crippen LogP contribution in [0.4, 0.5) is 4.39 Å². The minimum Gasteiger partial charge on any atom is -0.496 e. The van der Waals surface area contributed by atoms with Gasteiger partial charge in [0, 0.05) is 17.0 Å². The van der Waals surface area contributed by atoms with E-state index in [9.17, 15) is 14.0 Å². The van der Waals surface area contributed by atoms with Gasteiger partial charge in [0.15, 0.2) is 0 Å². The molecule has 0 saturated heterocycles. The lowest BCUT2D eigenvalue weighted by Crippen LogP contribution is -2.22. The summed E-state index contributed by atoms with van der Waals surface area (Å²) in [6, 6.07) is 14.8. The predicted molar refractivity (Wildman–Crippen MR) is 105 cm³/mol. The summed E-state index contributed by atoms with van der Waals surface area (Å²) < 4.78 is 23.8. The molecule has 0 aliphatic heterocycles. The first-order valence-corrected chi connectivity index (χ1v) is 9.23. The smallest absolute Gasteiger partial charge is 0.341 e.